The Morgan fingerprint density at radius 2 is 2.22 bits per heavy atom. The van der Waals surface area contributed by atoms with E-state index in [4.69, 9.17) is 9.84 Å². The van der Waals surface area contributed by atoms with Gasteiger partial charge in [0.15, 0.2) is 5.82 Å². The van der Waals surface area contributed by atoms with Gasteiger partial charge in [0.2, 0.25) is 5.75 Å². The summed E-state index contributed by atoms with van der Waals surface area (Å²) in [6, 6.07) is 0. The number of aromatic nitrogens is 2. The average molecular weight is 267 g/mol. The quantitative estimate of drug-likeness (QED) is 0.793. The van der Waals surface area contributed by atoms with Gasteiger partial charge in [0.1, 0.15) is 6.54 Å². The number of anilines is 1. The Morgan fingerprint density at radius 3 is 2.72 bits per heavy atom. The lowest BCUT2D eigenvalue weighted by Gasteiger charge is -2.24. The first-order valence-electron chi connectivity index (χ1n) is 4.93. The van der Waals surface area contributed by atoms with Gasteiger partial charge in [-0.1, -0.05) is 0 Å². The summed E-state index contributed by atoms with van der Waals surface area (Å²) in [5.41, 5.74) is -0.687. The number of alkyl halides is 3. The van der Waals surface area contributed by atoms with E-state index in [0.717, 1.165) is 18.3 Å². The molecule has 0 aliphatic carbocycles. The Balaban J connectivity index is 3.13. The van der Waals surface area contributed by atoms with Crippen LogP contribution < -0.4 is 15.2 Å². The maximum absolute atomic E-state index is 12.4. The molecule has 0 aromatic carbocycles. The third kappa shape index (κ3) is 3.62. The molecule has 0 aliphatic rings. The summed E-state index contributed by atoms with van der Waals surface area (Å²) >= 11 is 0. The largest absolute Gasteiger partial charge is 0.489 e. The van der Waals surface area contributed by atoms with Gasteiger partial charge >= 0.3 is 6.18 Å². The molecule has 9 heteroatoms. The molecule has 1 heterocycles. The van der Waals surface area contributed by atoms with Crippen LogP contribution in [0.25, 0.3) is 0 Å². The smallest absolute Gasteiger partial charge is 0.405 e. The summed E-state index contributed by atoms with van der Waals surface area (Å²) in [4.78, 5) is 17.9. The number of aliphatic hydroxyl groups is 1. The molecule has 0 aliphatic heterocycles. The summed E-state index contributed by atoms with van der Waals surface area (Å²) in [7, 11) is 1.15. The van der Waals surface area contributed by atoms with E-state index in [2.05, 4.69) is 9.97 Å². The third-order valence-corrected chi connectivity index (χ3v) is 2.04. The minimum atomic E-state index is -4.48. The molecule has 0 spiro atoms. The lowest BCUT2D eigenvalue weighted by molar-refractivity contribution is -0.120. The fourth-order valence-electron chi connectivity index (χ4n) is 1.38. The van der Waals surface area contributed by atoms with Crippen LogP contribution in [0.1, 0.15) is 0 Å². The van der Waals surface area contributed by atoms with E-state index in [1.54, 1.807) is 0 Å². The normalized spacial score (nSPS) is 11.4. The van der Waals surface area contributed by atoms with Gasteiger partial charge < -0.3 is 19.7 Å². The molecular formula is C9H12F3N3O3. The van der Waals surface area contributed by atoms with Gasteiger partial charge in [-0.15, -0.1) is 0 Å². The second-order valence-electron chi connectivity index (χ2n) is 3.35. The predicted molar refractivity (Wildman–Crippen MR) is 56.8 cm³/mol. The molecule has 0 saturated heterocycles. The SMILES string of the molecule is COc1c(N(CCO)CC(F)(F)F)nc[nH]c1=O. The van der Waals surface area contributed by atoms with Gasteiger partial charge in [-0.05, 0) is 0 Å². The Morgan fingerprint density at radius 1 is 1.56 bits per heavy atom. The molecule has 2 N–H and O–H groups in total. The van der Waals surface area contributed by atoms with Crippen LogP contribution in [0.3, 0.4) is 0 Å². The Kier molecular flexibility index (Phi) is 4.54. The zero-order valence-electron chi connectivity index (χ0n) is 9.49. The average Bonchev–Trinajstić information content (AvgIpc) is 2.26. The molecule has 0 radical (unpaired) electrons. The standard InChI is InChI=1S/C9H12F3N3O3/c1-18-6-7(13-5-14-8(6)17)15(2-3-16)4-9(10,11)12/h5,16H,2-4H2,1H3,(H,13,14,17). The minimum Gasteiger partial charge on any atom is -0.489 e. The van der Waals surface area contributed by atoms with Crippen molar-refractivity contribution in [3.8, 4) is 5.75 Å². The van der Waals surface area contributed by atoms with Crippen molar-refractivity contribution < 1.29 is 23.0 Å². The molecule has 0 unspecified atom stereocenters. The second-order valence-corrected chi connectivity index (χ2v) is 3.35. The first-order chi connectivity index (χ1) is 8.39. The van der Waals surface area contributed by atoms with E-state index in [0.29, 0.717) is 0 Å². The Hall–Kier alpha value is -1.77. The lowest BCUT2D eigenvalue weighted by atomic mass is 10.4. The number of nitrogens with one attached hydrogen (secondary N) is 1. The molecule has 1 aromatic rings. The van der Waals surface area contributed by atoms with Gasteiger partial charge in [0.05, 0.1) is 20.0 Å². The molecule has 1 aromatic heterocycles. The van der Waals surface area contributed by atoms with Crippen molar-refractivity contribution in [1.82, 2.24) is 9.97 Å². The van der Waals surface area contributed by atoms with Crippen molar-refractivity contribution in [3.63, 3.8) is 0 Å². The van der Waals surface area contributed by atoms with Gasteiger partial charge in [0.25, 0.3) is 5.56 Å². The first kappa shape index (κ1) is 14.3. The molecule has 1 rings (SSSR count). The highest BCUT2D eigenvalue weighted by atomic mass is 19.4. The molecule has 0 atom stereocenters. The van der Waals surface area contributed by atoms with E-state index in [-0.39, 0.29) is 18.1 Å². The second kappa shape index (κ2) is 5.71. The summed E-state index contributed by atoms with van der Waals surface area (Å²) < 4.78 is 41.8. The van der Waals surface area contributed by atoms with E-state index >= 15 is 0 Å². The minimum absolute atomic E-state index is 0.257. The van der Waals surface area contributed by atoms with E-state index < -0.39 is 24.9 Å². The van der Waals surface area contributed by atoms with Crippen LogP contribution in [0.2, 0.25) is 0 Å². The maximum atomic E-state index is 12.4. The van der Waals surface area contributed by atoms with Crippen LogP contribution in [-0.4, -0.2) is 48.1 Å². The predicted octanol–water partition coefficient (Wildman–Crippen LogP) is 0.139. The molecule has 102 valence electrons. The number of H-pyrrole nitrogens is 1. The zero-order valence-corrected chi connectivity index (χ0v) is 9.49. The number of methoxy groups -OCH3 is 1. The molecule has 18 heavy (non-hydrogen) atoms. The zero-order chi connectivity index (χ0) is 13.8. The third-order valence-electron chi connectivity index (χ3n) is 2.04. The Labute approximate surface area is 100 Å². The molecular weight excluding hydrogens is 255 g/mol. The number of nitrogens with zero attached hydrogens (tertiary/aromatic N) is 2. The van der Waals surface area contributed by atoms with Crippen molar-refractivity contribution in [1.29, 1.82) is 0 Å². The van der Waals surface area contributed by atoms with Crippen molar-refractivity contribution in [2.24, 2.45) is 0 Å². The molecule has 0 fully saturated rings. The number of halogens is 3. The Bertz CT molecular complexity index is 447. The number of ether oxygens (including phenoxy) is 1. The molecule has 0 amide bonds. The van der Waals surface area contributed by atoms with Gasteiger partial charge in [-0.3, -0.25) is 4.79 Å². The fourth-order valence-corrected chi connectivity index (χ4v) is 1.38. The van der Waals surface area contributed by atoms with Gasteiger partial charge in [0, 0.05) is 6.54 Å². The lowest BCUT2D eigenvalue weighted by Crippen LogP contribution is -2.37. The summed E-state index contributed by atoms with van der Waals surface area (Å²) in [5.74, 6) is -0.581. The molecule has 0 saturated carbocycles. The van der Waals surface area contributed by atoms with Crippen molar-refractivity contribution in [2.75, 3.05) is 31.7 Å². The maximum Gasteiger partial charge on any atom is 0.405 e. The number of aliphatic hydroxyl groups excluding tert-OH is 1. The molecule has 0 bridgehead atoms. The number of hydrogen-bond donors (Lipinski definition) is 2. The van der Waals surface area contributed by atoms with Crippen molar-refractivity contribution in [2.45, 2.75) is 6.18 Å². The number of rotatable bonds is 5. The van der Waals surface area contributed by atoms with Crippen LogP contribution in [0.5, 0.6) is 5.75 Å². The highest BCUT2D eigenvalue weighted by Crippen LogP contribution is 2.24. The summed E-state index contributed by atoms with van der Waals surface area (Å²) in [6.07, 6.45) is -3.51. The fraction of sp³-hybridized carbons (Fsp3) is 0.556. The van der Waals surface area contributed by atoms with Crippen molar-refractivity contribution in [3.05, 3.63) is 16.7 Å². The van der Waals surface area contributed by atoms with E-state index in [1.807, 2.05) is 0 Å². The van der Waals surface area contributed by atoms with Crippen LogP contribution in [0.4, 0.5) is 19.0 Å². The first-order valence-corrected chi connectivity index (χ1v) is 4.93. The van der Waals surface area contributed by atoms with Crippen molar-refractivity contribution >= 4 is 5.82 Å². The number of aromatic amines is 1. The van der Waals surface area contributed by atoms with Crippen LogP contribution in [0, 0.1) is 0 Å². The topological polar surface area (TPSA) is 78.5 Å². The summed E-state index contributed by atoms with van der Waals surface area (Å²) in [5, 5.41) is 8.76. The van der Waals surface area contributed by atoms with Crippen LogP contribution >= 0.6 is 0 Å². The monoisotopic (exact) mass is 267 g/mol. The van der Waals surface area contributed by atoms with Gasteiger partial charge in [-0.2, -0.15) is 13.2 Å². The highest BCUT2D eigenvalue weighted by Gasteiger charge is 2.32. The van der Waals surface area contributed by atoms with E-state index in [9.17, 15) is 18.0 Å². The highest BCUT2D eigenvalue weighted by molar-refractivity contribution is 5.50. The molecule has 6 nitrogen and oxygen atoms in total. The van der Waals surface area contributed by atoms with Crippen LogP contribution in [-0.2, 0) is 0 Å². The van der Waals surface area contributed by atoms with E-state index in [1.165, 1.54) is 0 Å². The number of hydrogen-bond acceptors (Lipinski definition) is 5. The van der Waals surface area contributed by atoms with Gasteiger partial charge in [-0.25, -0.2) is 4.98 Å². The summed E-state index contributed by atoms with van der Waals surface area (Å²) in [6.45, 7) is -2.15. The van der Waals surface area contributed by atoms with Crippen LogP contribution in [0.15, 0.2) is 11.1 Å².